The molecule has 0 aliphatic carbocycles. The maximum absolute atomic E-state index is 14.6. The topological polar surface area (TPSA) is 73.6 Å². The van der Waals surface area contributed by atoms with Crippen molar-refractivity contribution < 1.29 is 23.8 Å². The SMILES string of the molecule is Cn1nc(C(=O)O)cc1-c1cc2c(c(Br)c1F)OCCCO2. The maximum atomic E-state index is 14.6. The van der Waals surface area contributed by atoms with Crippen molar-refractivity contribution in [1.29, 1.82) is 0 Å². The molecule has 3 rings (SSSR count). The van der Waals surface area contributed by atoms with Crippen LogP contribution in [0.5, 0.6) is 11.5 Å². The van der Waals surface area contributed by atoms with Crippen LogP contribution >= 0.6 is 15.9 Å². The standard InChI is InChI=1S/C14H12BrFN2O4/c1-18-9(6-8(17-18)14(19)20)7-5-10-13(11(15)12(7)16)22-4-2-3-21-10/h5-6H,2-4H2,1H3,(H,19,20). The number of carboxylic acids is 1. The molecule has 0 saturated heterocycles. The number of hydrogen-bond donors (Lipinski definition) is 1. The van der Waals surface area contributed by atoms with Gasteiger partial charge >= 0.3 is 5.97 Å². The lowest BCUT2D eigenvalue weighted by atomic mass is 10.1. The molecule has 0 atom stereocenters. The number of aromatic carboxylic acids is 1. The van der Waals surface area contributed by atoms with E-state index >= 15 is 0 Å². The van der Waals surface area contributed by atoms with Crippen molar-refractivity contribution in [2.24, 2.45) is 7.05 Å². The Morgan fingerprint density at radius 1 is 1.41 bits per heavy atom. The summed E-state index contributed by atoms with van der Waals surface area (Å²) in [7, 11) is 1.55. The van der Waals surface area contributed by atoms with E-state index in [1.807, 2.05) is 0 Å². The summed E-state index contributed by atoms with van der Waals surface area (Å²) < 4.78 is 27.2. The van der Waals surface area contributed by atoms with E-state index in [0.29, 0.717) is 36.8 Å². The number of fused-ring (bicyclic) bond motifs is 1. The smallest absolute Gasteiger partial charge is 0.356 e. The predicted molar refractivity (Wildman–Crippen MR) is 78.9 cm³/mol. The number of hydrogen-bond acceptors (Lipinski definition) is 4. The second kappa shape index (κ2) is 5.60. The number of rotatable bonds is 2. The van der Waals surface area contributed by atoms with Gasteiger partial charge in [-0.05, 0) is 28.1 Å². The molecular weight excluding hydrogens is 359 g/mol. The predicted octanol–water partition coefficient (Wildman–Crippen LogP) is 2.85. The van der Waals surface area contributed by atoms with Gasteiger partial charge in [0.25, 0.3) is 0 Å². The first-order valence-electron chi connectivity index (χ1n) is 6.54. The van der Waals surface area contributed by atoms with Gasteiger partial charge in [-0.15, -0.1) is 0 Å². The highest BCUT2D eigenvalue weighted by Crippen LogP contribution is 2.43. The Hall–Kier alpha value is -2.09. The maximum Gasteiger partial charge on any atom is 0.356 e. The van der Waals surface area contributed by atoms with Crippen molar-refractivity contribution in [1.82, 2.24) is 9.78 Å². The van der Waals surface area contributed by atoms with E-state index in [-0.39, 0.29) is 15.7 Å². The summed E-state index contributed by atoms with van der Waals surface area (Å²) in [5.41, 5.74) is 0.380. The molecule has 0 fully saturated rings. The highest BCUT2D eigenvalue weighted by molar-refractivity contribution is 9.10. The van der Waals surface area contributed by atoms with Gasteiger partial charge in [0, 0.05) is 19.0 Å². The zero-order valence-corrected chi connectivity index (χ0v) is 13.2. The van der Waals surface area contributed by atoms with Gasteiger partial charge in [-0.25, -0.2) is 9.18 Å². The molecule has 1 aliphatic rings. The van der Waals surface area contributed by atoms with Gasteiger partial charge in [0.2, 0.25) is 0 Å². The summed E-state index contributed by atoms with van der Waals surface area (Å²) >= 11 is 3.18. The van der Waals surface area contributed by atoms with Crippen molar-refractivity contribution in [2.75, 3.05) is 13.2 Å². The van der Waals surface area contributed by atoms with E-state index < -0.39 is 11.8 Å². The molecule has 0 spiro atoms. The molecular formula is C14H12BrFN2O4. The molecule has 1 aromatic heterocycles. The highest BCUT2D eigenvalue weighted by Gasteiger charge is 2.24. The fourth-order valence-electron chi connectivity index (χ4n) is 2.25. The lowest BCUT2D eigenvalue weighted by Gasteiger charge is -2.13. The van der Waals surface area contributed by atoms with Gasteiger partial charge in [0.05, 0.1) is 23.4 Å². The quantitative estimate of drug-likeness (QED) is 0.879. The van der Waals surface area contributed by atoms with E-state index in [1.54, 1.807) is 7.05 Å². The molecule has 0 radical (unpaired) electrons. The van der Waals surface area contributed by atoms with Crippen LogP contribution in [0.1, 0.15) is 16.9 Å². The van der Waals surface area contributed by atoms with Gasteiger partial charge in [-0.2, -0.15) is 5.10 Å². The molecule has 0 amide bonds. The van der Waals surface area contributed by atoms with Crippen molar-refractivity contribution in [3.63, 3.8) is 0 Å². The normalized spacial score (nSPS) is 13.8. The van der Waals surface area contributed by atoms with Crippen LogP contribution in [-0.4, -0.2) is 34.1 Å². The Bertz CT molecular complexity index is 760. The second-order valence-corrected chi connectivity index (χ2v) is 5.57. The van der Waals surface area contributed by atoms with Gasteiger partial charge in [-0.3, -0.25) is 4.68 Å². The lowest BCUT2D eigenvalue weighted by Crippen LogP contribution is -2.01. The number of ether oxygens (including phenoxy) is 2. The van der Waals surface area contributed by atoms with Crippen LogP contribution in [0.15, 0.2) is 16.6 Å². The Morgan fingerprint density at radius 2 is 2.14 bits per heavy atom. The highest BCUT2D eigenvalue weighted by atomic mass is 79.9. The van der Waals surface area contributed by atoms with Crippen molar-refractivity contribution >= 4 is 21.9 Å². The number of nitrogens with zero attached hydrogens (tertiary/aromatic N) is 2. The number of carbonyl (C=O) groups is 1. The molecule has 1 aromatic carbocycles. The van der Waals surface area contributed by atoms with Gasteiger partial charge < -0.3 is 14.6 Å². The van der Waals surface area contributed by atoms with Crippen LogP contribution in [0.3, 0.4) is 0 Å². The van der Waals surface area contributed by atoms with Crippen molar-refractivity contribution in [3.8, 4) is 22.8 Å². The molecule has 2 aromatic rings. The zero-order chi connectivity index (χ0) is 15.9. The first kappa shape index (κ1) is 14.8. The third-order valence-corrected chi connectivity index (χ3v) is 4.00. The molecule has 8 heteroatoms. The molecule has 0 bridgehead atoms. The minimum absolute atomic E-state index is 0.153. The zero-order valence-electron chi connectivity index (χ0n) is 11.6. The molecule has 0 saturated carbocycles. The van der Waals surface area contributed by atoms with E-state index in [4.69, 9.17) is 14.6 Å². The van der Waals surface area contributed by atoms with E-state index in [1.165, 1.54) is 16.8 Å². The third-order valence-electron chi connectivity index (χ3n) is 3.30. The Kier molecular flexibility index (Phi) is 3.78. The number of aryl methyl sites for hydroxylation is 1. The molecule has 2 heterocycles. The molecule has 22 heavy (non-hydrogen) atoms. The molecule has 1 N–H and O–H groups in total. The van der Waals surface area contributed by atoms with Crippen LogP contribution in [0.25, 0.3) is 11.3 Å². The number of carboxylic acid groups (broad SMARTS) is 1. The van der Waals surface area contributed by atoms with Crippen molar-refractivity contribution in [3.05, 3.63) is 28.1 Å². The Morgan fingerprint density at radius 3 is 2.82 bits per heavy atom. The van der Waals surface area contributed by atoms with E-state index in [9.17, 15) is 9.18 Å². The minimum Gasteiger partial charge on any atom is -0.489 e. The molecule has 6 nitrogen and oxygen atoms in total. The summed E-state index contributed by atoms with van der Waals surface area (Å²) in [6, 6.07) is 2.82. The summed E-state index contributed by atoms with van der Waals surface area (Å²) in [5.74, 6) is -0.988. The van der Waals surface area contributed by atoms with Crippen LogP contribution in [0.4, 0.5) is 4.39 Å². The van der Waals surface area contributed by atoms with Gasteiger partial charge in [-0.1, -0.05) is 0 Å². The fraction of sp³-hybridized carbons (Fsp3) is 0.286. The van der Waals surface area contributed by atoms with Crippen LogP contribution in [-0.2, 0) is 7.05 Å². The Balaban J connectivity index is 2.17. The first-order chi connectivity index (χ1) is 10.5. The molecule has 0 unspecified atom stereocenters. The second-order valence-electron chi connectivity index (χ2n) is 4.77. The fourth-order valence-corrected chi connectivity index (χ4v) is 2.78. The summed E-state index contributed by atoms with van der Waals surface area (Å²) in [5, 5.41) is 12.9. The largest absolute Gasteiger partial charge is 0.489 e. The Labute approximate surface area is 133 Å². The van der Waals surface area contributed by atoms with Crippen LogP contribution < -0.4 is 9.47 Å². The average Bonchev–Trinajstić information content (AvgIpc) is 2.71. The molecule has 116 valence electrons. The number of aromatic nitrogens is 2. The minimum atomic E-state index is -1.17. The lowest BCUT2D eigenvalue weighted by molar-refractivity contribution is 0.0689. The number of benzene rings is 1. The van der Waals surface area contributed by atoms with Gasteiger partial charge in [0.15, 0.2) is 23.0 Å². The van der Waals surface area contributed by atoms with Crippen LogP contribution in [0.2, 0.25) is 0 Å². The van der Waals surface area contributed by atoms with Crippen LogP contribution in [0, 0.1) is 5.82 Å². The van der Waals surface area contributed by atoms with Crippen molar-refractivity contribution in [2.45, 2.75) is 6.42 Å². The first-order valence-corrected chi connectivity index (χ1v) is 7.33. The summed E-state index contributed by atoms with van der Waals surface area (Å²) in [6.07, 6.45) is 0.701. The average molecular weight is 371 g/mol. The number of halogens is 2. The summed E-state index contributed by atoms with van der Waals surface area (Å²) in [6.45, 7) is 0.912. The van der Waals surface area contributed by atoms with E-state index in [2.05, 4.69) is 21.0 Å². The summed E-state index contributed by atoms with van der Waals surface area (Å²) in [4.78, 5) is 11.0. The van der Waals surface area contributed by atoms with Gasteiger partial charge in [0.1, 0.15) is 0 Å². The third kappa shape index (κ3) is 2.43. The molecule has 1 aliphatic heterocycles. The van der Waals surface area contributed by atoms with E-state index in [0.717, 1.165) is 0 Å². The monoisotopic (exact) mass is 370 g/mol.